The number of aromatic hydroxyl groups is 1. The molecule has 8 heteroatoms. The van der Waals surface area contributed by atoms with Gasteiger partial charge in [-0.05, 0) is 31.1 Å². The number of aromatic nitrogens is 1. The number of rotatable bonds is 7. The van der Waals surface area contributed by atoms with E-state index in [-0.39, 0.29) is 17.0 Å². The molecule has 0 aliphatic rings. The van der Waals surface area contributed by atoms with Gasteiger partial charge in [0, 0.05) is 18.4 Å². The Labute approximate surface area is 145 Å². The van der Waals surface area contributed by atoms with Crippen molar-refractivity contribution in [3.05, 3.63) is 24.3 Å². The predicted molar refractivity (Wildman–Crippen MR) is 95.6 cm³/mol. The first-order valence-corrected chi connectivity index (χ1v) is 8.08. The molecule has 0 atom stereocenters. The van der Waals surface area contributed by atoms with Crippen LogP contribution in [0.25, 0.3) is 10.9 Å². The number of esters is 1. The van der Waals surface area contributed by atoms with Crippen LogP contribution in [0.3, 0.4) is 0 Å². The van der Waals surface area contributed by atoms with Crippen molar-refractivity contribution in [1.29, 1.82) is 0 Å². The Balaban J connectivity index is 1.77. The summed E-state index contributed by atoms with van der Waals surface area (Å²) in [7, 11) is 1.39. The monoisotopic (exact) mass is 348 g/mol. The van der Waals surface area contributed by atoms with E-state index in [0.29, 0.717) is 18.7 Å². The summed E-state index contributed by atoms with van der Waals surface area (Å²) in [6.45, 7) is 0.652. The Bertz CT molecular complexity index is 742. The fourth-order valence-corrected chi connectivity index (χ4v) is 2.36. The SMILES string of the molecule is COC(=O)CCCCCNC(=S)N=Nc1c(O)[nH]c2ccccc12. The number of azo groups is 1. The lowest BCUT2D eigenvalue weighted by Gasteiger charge is -2.03. The molecular weight excluding hydrogens is 328 g/mol. The van der Waals surface area contributed by atoms with Crippen molar-refractivity contribution >= 4 is 39.9 Å². The summed E-state index contributed by atoms with van der Waals surface area (Å²) in [4.78, 5) is 13.8. The molecule has 1 heterocycles. The van der Waals surface area contributed by atoms with E-state index >= 15 is 0 Å². The highest BCUT2D eigenvalue weighted by molar-refractivity contribution is 7.80. The predicted octanol–water partition coefficient (Wildman–Crippen LogP) is 3.57. The number of nitrogens with one attached hydrogen (secondary N) is 2. The third-order valence-electron chi connectivity index (χ3n) is 3.46. The van der Waals surface area contributed by atoms with Gasteiger partial charge < -0.3 is 20.1 Å². The second kappa shape index (κ2) is 8.97. The Hall–Kier alpha value is -2.48. The van der Waals surface area contributed by atoms with Gasteiger partial charge in [0.2, 0.25) is 11.0 Å². The van der Waals surface area contributed by atoms with Crippen LogP contribution in [0.4, 0.5) is 5.69 Å². The maximum absolute atomic E-state index is 11.0. The second-order valence-corrected chi connectivity index (χ2v) is 5.57. The van der Waals surface area contributed by atoms with Gasteiger partial charge in [0.05, 0.1) is 12.6 Å². The highest BCUT2D eigenvalue weighted by atomic mass is 32.1. The Morgan fingerprint density at radius 3 is 2.92 bits per heavy atom. The molecular formula is C16H20N4O3S. The third-order valence-corrected chi connectivity index (χ3v) is 3.69. The van der Waals surface area contributed by atoms with Gasteiger partial charge in [0.1, 0.15) is 0 Å². The number of para-hydroxylation sites is 1. The van der Waals surface area contributed by atoms with E-state index in [9.17, 15) is 9.90 Å². The molecule has 2 rings (SSSR count). The second-order valence-electron chi connectivity index (χ2n) is 5.19. The molecule has 7 nitrogen and oxygen atoms in total. The van der Waals surface area contributed by atoms with Crippen molar-refractivity contribution in [3.8, 4) is 5.88 Å². The minimum absolute atomic E-state index is 0.0365. The zero-order chi connectivity index (χ0) is 17.4. The number of hydrogen-bond acceptors (Lipinski definition) is 5. The van der Waals surface area contributed by atoms with E-state index in [0.717, 1.165) is 30.2 Å². The number of carbonyl (C=O) groups is 1. The summed E-state index contributed by atoms with van der Waals surface area (Å²) in [5, 5.41) is 21.8. The van der Waals surface area contributed by atoms with Crippen molar-refractivity contribution in [3.63, 3.8) is 0 Å². The molecule has 0 bridgehead atoms. The number of carbonyl (C=O) groups excluding carboxylic acids is 1. The van der Waals surface area contributed by atoms with Gasteiger partial charge >= 0.3 is 5.97 Å². The van der Waals surface area contributed by atoms with Gasteiger partial charge in [-0.1, -0.05) is 24.6 Å². The van der Waals surface area contributed by atoms with Crippen molar-refractivity contribution in [2.45, 2.75) is 25.7 Å². The molecule has 0 amide bonds. The fraction of sp³-hybridized carbons (Fsp3) is 0.375. The average Bonchev–Trinajstić information content (AvgIpc) is 2.91. The average molecular weight is 348 g/mol. The summed E-state index contributed by atoms with van der Waals surface area (Å²) in [6.07, 6.45) is 2.97. The van der Waals surface area contributed by atoms with Gasteiger partial charge in [-0.3, -0.25) is 4.79 Å². The first-order chi connectivity index (χ1) is 11.6. The van der Waals surface area contributed by atoms with E-state index in [1.54, 1.807) is 0 Å². The summed E-state index contributed by atoms with van der Waals surface area (Å²) >= 11 is 5.09. The van der Waals surface area contributed by atoms with Crippen LogP contribution >= 0.6 is 12.2 Å². The van der Waals surface area contributed by atoms with E-state index in [1.807, 2.05) is 24.3 Å². The summed E-state index contributed by atoms with van der Waals surface area (Å²) in [5.74, 6) is -0.226. The van der Waals surface area contributed by atoms with E-state index in [1.165, 1.54) is 7.11 Å². The molecule has 0 aliphatic heterocycles. The third kappa shape index (κ3) is 5.02. The van der Waals surface area contributed by atoms with E-state index in [2.05, 4.69) is 25.3 Å². The molecule has 0 saturated carbocycles. The Morgan fingerprint density at radius 1 is 1.33 bits per heavy atom. The van der Waals surface area contributed by atoms with Gasteiger partial charge in [-0.15, -0.1) is 10.2 Å². The number of hydrogen-bond donors (Lipinski definition) is 3. The fourth-order valence-electron chi connectivity index (χ4n) is 2.21. The summed E-state index contributed by atoms with van der Waals surface area (Å²) in [5.41, 5.74) is 1.15. The quantitative estimate of drug-likeness (QED) is 0.307. The van der Waals surface area contributed by atoms with Crippen LogP contribution in [0.2, 0.25) is 0 Å². The van der Waals surface area contributed by atoms with Crippen molar-refractivity contribution in [1.82, 2.24) is 10.3 Å². The summed E-state index contributed by atoms with van der Waals surface area (Å²) < 4.78 is 4.58. The molecule has 1 aromatic carbocycles. The molecule has 3 N–H and O–H groups in total. The first-order valence-electron chi connectivity index (χ1n) is 7.68. The molecule has 0 unspecified atom stereocenters. The largest absolute Gasteiger partial charge is 0.493 e. The maximum atomic E-state index is 11.0. The Kier molecular flexibility index (Phi) is 6.68. The molecule has 24 heavy (non-hydrogen) atoms. The number of methoxy groups -OCH3 is 1. The van der Waals surface area contributed by atoms with Crippen LogP contribution in [-0.2, 0) is 9.53 Å². The standard InChI is InChI=1S/C16H20N4O3S/c1-23-13(21)9-3-2-6-10-17-16(24)20-19-14-11-7-4-5-8-12(11)18-15(14)22/h4-5,7-8,18,22H,2-3,6,9-10H2,1H3,(H,17,24). The maximum Gasteiger partial charge on any atom is 0.305 e. The lowest BCUT2D eigenvalue weighted by atomic mass is 10.2. The highest BCUT2D eigenvalue weighted by Crippen LogP contribution is 2.35. The number of nitrogens with zero attached hydrogens (tertiary/aromatic N) is 2. The minimum atomic E-state index is -0.189. The summed E-state index contributed by atoms with van der Waals surface area (Å²) in [6, 6.07) is 7.42. The van der Waals surface area contributed by atoms with Gasteiger partial charge in [0.15, 0.2) is 5.69 Å². The van der Waals surface area contributed by atoms with Crippen LogP contribution in [-0.4, -0.2) is 34.8 Å². The highest BCUT2D eigenvalue weighted by Gasteiger charge is 2.09. The number of benzene rings is 1. The molecule has 128 valence electrons. The molecule has 0 radical (unpaired) electrons. The van der Waals surface area contributed by atoms with Crippen LogP contribution in [0, 0.1) is 0 Å². The van der Waals surface area contributed by atoms with E-state index in [4.69, 9.17) is 12.2 Å². The smallest absolute Gasteiger partial charge is 0.305 e. The normalized spacial score (nSPS) is 11.0. The van der Waals surface area contributed by atoms with Gasteiger partial charge in [-0.25, -0.2) is 0 Å². The number of thiocarbonyl (C=S) groups is 1. The van der Waals surface area contributed by atoms with Crippen LogP contribution < -0.4 is 5.32 Å². The van der Waals surface area contributed by atoms with Crippen molar-refractivity contribution in [2.75, 3.05) is 13.7 Å². The van der Waals surface area contributed by atoms with Gasteiger partial charge in [-0.2, -0.15) is 0 Å². The molecule has 0 spiro atoms. The number of unbranched alkanes of at least 4 members (excludes halogenated alkanes) is 2. The molecule has 0 saturated heterocycles. The topological polar surface area (TPSA) is 99.1 Å². The zero-order valence-corrected chi connectivity index (χ0v) is 14.2. The van der Waals surface area contributed by atoms with Crippen molar-refractivity contribution in [2.24, 2.45) is 10.2 Å². The van der Waals surface area contributed by atoms with Crippen LogP contribution in [0.15, 0.2) is 34.5 Å². The minimum Gasteiger partial charge on any atom is -0.493 e. The van der Waals surface area contributed by atoms with Crippen molar-refractivity contribution < 1.29 is 14.6 Å². The number of ether oxygens (including phenoxy) is 1. The lowest BCUT2D eigenvalue weighted by Crippen LogP contribution is -2.20. The van der Waals surface area contributed by atoms with Gasteiger partial charge in [0.25, 0.3) is 0 Å². The van der Waals surface area contributed by atoms with Crippen LogP contribution in [0.1, 0.15) is 25.7 Å². The van der Waals surface area contributed by atoms with Crippen LogP contribution in [0.5, 0.6) is 5.88 Å². The lowest BCUT2D eigenvalue weighted by molar-refractivity contribution is -0.140. The number of H-pyrrole nitrogens is 1. The molecule has 2 aromatic rings. The Morgan fingerprint density at radius 2 is 2.12 bits per heavy atom. The first kappa shape index (κ1) is 17.9. The molecule has 1 aromatic heterocycles. The zero-order valence-electron chi connectivity index (χ0n) is 13.4. The number of fused-ring (bicyclic) bond motifs is 1. The number of aromatic amines is 1. The molecule has 0 aliphatic carbocycles. The molecule has 0 fully saturated rings. The van der Waals surface area contributed by atoms with E-state index < -0.39 is 0 Å².